The van der Waals surface area contributed by atoms with E-state index in [1.54, 1.807) is 0 Å². The zero-order chi connectivity index (χ0) is 40.1. The summed E-state index contributed by atoms with van der Waals surface area (Å²) in [6.07, 6.45) is 3.74. The Hall–Kier alpha value is -8.15. The molecule has 0 unspecified atom stereocenters. The van der Waals surface area contributed by atoms with Crippen LogP contribution in [0.4, 0.5) is 0 Å². The van der Waals surface area contributed by atoms with Gasteiger partial charge in [-0.1, -0.05) is 170 Å². The van der Waals surface area contributed by atoms with E-state index in [9.17, 15) is 0 Å². The molecular weight excluding hydrogens is 731 g/mol. The van der Waals surface area contributed by atoms with E-state index in [1.807, 2.05) is 85.2 Å². The molecule has 5 nitrogen and oxygen atoms in total. The van der Waals surface area contributed by atoms with Crippen LogP contribution in [0.3, 0.4) is 0 Å². The normalized spacial score (nSPS) is 11.0. The van der Waals surface area contributed by atoms with Crippen molar-refractivity contribution >= 4 is 0 Å². The Balaban J connectivity index is 1.18. The van der Waals surface area contributed by atoms with Gasteiger partial charge in [-0.25, -0.2) is 15.0 Å². The Morgan fingerprint density at radius 3 is 1.15 bits per heavy atom. The van der Waals surface area contributed by atoms with E-state index in [2.05, 4.69) is 140 Å². The number of benzene rings is 7. The zero-order valence-electron chi connectivity index (χ0n) is 32.6. The smallest absolute Gasteiger partial charge is 0.164 e. The van der Waals surface area contributed by atoms with Gasteiger partial charge < -0.3 is 0 Å². The molecule has 10 aromatic rings. The third-order valence-electron chi connectivity index (χ3n) is 10.6. The minimum Gasteiger partial charge on any atom is -0.256 e. The highest BCUT2D eigenvalue weighted by molar-refractivity contribution is 6.06. The van der Waals surface area contributed by atoms with Crippen LogP contribution in [0.25, 0.3) is 101 Å². The lowest BCUT2D eigenvalue weighted by molar-refractivity contribution is 1.07. The standard InChI is InChI=1S/C55H37N5/c1-5-19-38(20-6-1)50-47(48-31-13-15-33-56-48)37-46(52(49-32-14-16-34-57-49)51(50)39-21-7-2-8-22-39)44-29-17-27-42(35-44)43-28-18-30-45(36-43)55-59-53(40-23-9-3-10-24-40)58-54(60-55)41-25-11-4-12-26-41/h1-37H. The van der Waals surface area contributed by atoms with Gasteiger partial charge in [0.25, 0.3) is 0 Å². The van der Waals surface area contributed by atoms with E-state index in [0.717, 1.165) is 83.7 Å². The van der Waals surface area contributed by atoms with Gasteiger partial charge in [0.05, 0.1) is 11.4 Å². The molecule has 0 saturated carbocycles. The molecule has 0 radical (unpaired) electrons. The zero-order valence-corrected chi connectivity index (χ0v) is 32.6. The maximum Gasteiger partial charge on any atom is 0.164 e. The fraction of sp³-hybridized carbons (Fsp3) is 0. The molecule has 7 aromatic carbocycles. The minimum atomic E-state index is 0.613. The second kappa shape index (κ2) is 16.4. The van der Waals surface area contributed by atoms with E-state index < -0.39 is 0 Å². The Morgan fingerprint density at radius 1 is 0.233 bits per heavy atom. The molecule has 10 rings (SSSR count). The molecule has 0 aliphatic rings. The summed E-state index contributed by atoms with van der Waals surface area (Å²) in [5.74, 6) is 1.87. The second-order valence-electron chi connectivity index (χ2n) is 14.5. The molecule has 282 valence electrons. The van der Waals surface area contributed by atoms with Crippen LogP contribution in [0.15, 0.2) is 225 Å². The Labute approximate surface area is 349 Å². The summed E-state index contributed by atoms with van der Waals surface area (Å²) in [5.41, 5.74) is 15.3. The molecule has 0 bridgehead atoms. The molecule has 0 fully saturated rings. The summed E-state index contributed by atoms with van der Waals surface area (Å²) in [6, 6.07) is 73.2. The highest BCUT2D eigenvalue weighted by atomic mass is 15.0. The average molecular weight is 768 g/mol. The van der Waals surface area contributed by atoms with Crippen LogP contribution in [0.1, 0.15) is 0 Å². The highest BCUT2D eigenvalue weighted by Gasteiger charge is 2.25. The van der Waals surface area contributed by atoms with E-state index in [1.165, 1.54) is 0 Å². The fourth-order valence-electron chi connectivity index (χ4n) is 7.85. The number of pyridine rings is 2. The highest BCUT2D eigenvalue weighted by Crippen LogP contribution is 2.50. The van der Waals surface area contributed by atoms with E-state index in [0.29, 0.717) is 17.5 Å². The summed E-state index contributed by atoms with van der Waals surface area (Å²) < 4.78 is 0. The molecule has 0 aliphatic heterocycles. The SMILES string of the molecule is c1ccc(-c2nc(-c3ccccc3)nc(-c3cccc(-c4cccc(-c5cc(-c6ccccn6)c(-c6ccccc6)c(-c6ccccc6)c5-c5ccccn5)c4)c3)n2)cc1. The molecule has 3 heterocycles. The molecule has 5 heteroatoms. The Kier molecular flexibility index (Phi) is 9.88. The van der Waals surface area contributed by atoms with Crippen molar-refractivity contribution in [2.45, 2.75) is 0 Å². The summed E-state index contributed by atoms with van der Waals surface area (Å²) in [5, 5.41) is 0. The molecule has 0 saturated heterocycles. The number of hydrogen-bond donors (Lipinski definition) is 0. The largest absolute Gasteiger partial charge is 0.256 e. The van der Waals surface area contributed by atoms with Gasteiger partial charge in [-0.15, -0.1) is 0 Å². The van der Waals surface area contributed by atoms with Crippen LogP contribution in [0, 0.1) is 0 Å². The van der Waals surface area contributed by atoms with Gasteiger partial charge in [0.2, 0.25) is 0 Å². The number of hydrogen-bond acceptors (Lipinski definition) is 5. The van der Waals surface area contributed by atoms with Gasteiger partial charge in [-0.05, 0) is 81.4 Å². The molecule has 0 spiro atoms. The van der Waals surface area contributed by atoms with Crippen LogP contribution >= 0.6 is 0 Å². The van der Waals surface area contributed by atoms with Crippen molar-refractivity contribution in [3.63, 3.8) is 0 Å². The third-order valence-corrected chi connectivity index (χ3v) is 10.6. The van der Waals surface area contributed by atoms with Crippen molar-refractivity contribution in [2.75, 3.05) is 0 Å². The van der Waals surface area contributed by atoms with Crippen molar-refractivity contribution < 1.29 is 0 Å². The van der Waals surface area contributed by atoms with Crippen LogP contribution in [0.5, 0.6) is 0 Å². The molecule has 0 aliphatic carbocycles. The van der Waals surface area contributed by atoms with Gasteiger partial charge in [0.1, 0.15) is 0 Å². The lowest BCUT2D eigenvalue weighted by Gasteiger charge is -2.23. The van der Waals surface area contributed by atoms with Gasteiger partial charge in [-0.3, -0.25) is 9.97 Å². The number of rotatable bonds is 9. The van der Waals surface area contributed by atoms with Crippen molar-refractivity contribution in [3.8, 4) is 101 Å². The molecule has 0 N–H and O–H groups in total. The Bertz CT molecular complexity index is 2990. The van der Waals surface area contributed by atoms with E-state index in [4.69, 9.17) is 24.9 Å². The first-order chi connectivity index (χ1) is 29.8. The lowest BCUT2D eigenvalue weighted by Crippen LogP contribution is -2.00. The lowest BCUT2D eigenvalue weighted by atomic mass is 9.80. The third kappa shape index (κ3) is 7.28. The molecule has 60 heavy (non-hydrogen) atoms. The summed E-state index contributed by atoms with van der Waals surface area (Å²) in [7, 11) is 0. The van der Waals surface area contributed by atoms with Crippen molar-refractivity contribution in [3.05, 3.63) is 225 Å². The minimum absolute atomic E-state index is 0.613. The fourth-order valence-corrected chi connectivity index (χ4v) is 7.85. The summed E-state index contributed by atoms with van der Waals surface area (Å²) >= 11 is 0. The quantitative estimate of drug-likeness (QED) is 0.146. The van der Waals surface area contributed by atoms with Crippen LogP contribution < -0.4 is 0 Å². The average Bonchev–Trinajstić information content (AvgIpc) is 3.35. The molecule has 3 aromatic heterocycles. The molecule has 0 atom stereocenters. The first-order valence-corrected chi connectivity index (χ1v) is 20.0. The van der Waals surface area contributed by atoms with Gasteiger partial charge in [0.15, 0.2) is 17.5 Å². The van der Waals surface area contributed by atoms with Crippen LogP contribution in [-0.4, -0.2) is 24.9 Å². The topological polar surface area (TPSA) is 64.5 Å². The van der Waals surface area contributed by atoms with Crippen LogP contribution in [-0.2, 0) is 0 Å². The first-order valence-electron chi connectivity index (χ1n) is 20.0. The number of aromatic nitrogens is 5. The second-order valence-corrected chi connectivity index (χ2v) is 14.5. The summed E-state index contributed by atoms with van der Waals surface area (Å²) in [6.45, 7) is 0. The maximum atomic E-state index is 5.02. The van der Waals surface area contributed by atoms with Crippen molar-refractivity contribution in [1.29, 1.82) is 0 Å². The van der Waals surface area contributed by atoms with E-state index >= 15 is 0 Å². The van der Waals surface area contributed by atoms with Crippen LogP contribution in [0.2, 0.25) is 0 Å². The van der Waals surface area contributed by atoms with Crippen molar-refractivity contribution in [2.24, 2.45) is 0 Å². The maximum absolute atomic E-state index is 5.02. The van der Waals surface area contributed by atoms with Gasteiger partial charge in [-0.2, -0.15) is 0 Å². The number of nitrogens with zero attached hydrogens (tertiary/aromatic N) is 5. The predicted molar refractivity (Wildman–Crippen MR) is 244 cm³/mol. The van der Waals surface area contributed by atoms with E-state index in [-0.39, 0.29) is 0 Å². The van der Waals surface area contributed by atoms with Gasteiger partial charge >= 0.3 is 0 Å². The molecular formula is C55H37N5. The molecule has 0 amide bonds. The predicted octanol–water partition coefficient (Wildman–Crippen LogP) is 13.7. The summed E-state index contributed by atoms with van der Waals surface area (Å²) in [4.78, 5) is 24.9. The van der Waals surface area contributed by atoms with Crippen molar-refractivity contribution in [1.82, 2.24) is 24.9 Å². The Morgan fingerprint density at radius 2 is 0.633 bits per heavy atom. The first kappa shape index (κ1) is 36.2. The monoisotopic (exact) mass is 767 g/mol. The van der Waals surface area contributed by atoms with Gasteiger partial charge in [0, 0.05) is 45.8 Å².